The molecule has 0 radical (unpaired) electrons. The van der Waals surface area contributed by atoms with Crippen LogP contribution in [0.3, 0.4) is 0 Å². The van der Waals surface area contributed by atoms with Crippen LogP contribution >= 0.6 is 0 Å². The van der Waals surface area contributed by atoms with Crippen LogP contribution in [0.1, 0.15) is 23.9 Å². The molecule has 1 atom stereocenters. The van der Waals surface area contributed by atoms with Crippen LogP contribution in [-0.2, 0) is 19.5 Å². The van der Waals surface area contributed by atoms with Gasteiger partial charge < -0.3 is 5.32 Å². The van der Waals surface area contributed by atoms with Gasteiger partial charge in [-0.15, -0.1) is 13.2 Å². The molecule has 1 unspecified atom stereocenters. The van der Waals surface area contributed by atoms with Crippen molar-refractivity contribution >= 4 is 5.69 Å². The zero-order valence-electron chi connectivity index (χ0n) is 21.0. The lowest BCUT2D eigenvalue weighted by atomic mass is 10.0. The number of aromatic nitrogens is 1. The zero-order valence-corrected chi connectivity index (χ0v) is 21.0. The van der Waals surface area contributed by atoms with Crippen molar-refractivity contribution < 1.29 is 0 Å². The smallest absolute Gasteiger partial charge is 0.0548 e. The summed E-state index contributed by atoms with van der Waals surface area (Å²) in [5.41, 5.74) is 5.88. The fourth-order valence-corrected chi connectivity index (χ4v) is 4.63. The third kappa shape index (κ3) is 7.94. The summed E-state index contributed by atoms with van der Waals surface area (Å²) in [5.74, 6) is 0. The van der Waals surface area contributed by atoms with Gasteiger partial charge in [0.05, 0.1) is 11.4 Å². The second kappa shape index (κ2) is 13.2. The lowest BCUT2D eigenvalue weighted by Crippen LogP contribution is -2.47. The molecule has 1 N–H and O–H groups in total. The number of anilines is 1. The van der Waals surface area contributed by atoms with Crippen molar-refractivity contribution in [2.45, 2.75) is 32.5 Å². The molecular formula is C29H41N5. The normalized spacial score (nSPS) is 18.5. The van der Waals surface area contributed by atoms with Gasteiger partial charge in [0.2, 0.25) is 0 Å². The summed E-state index contributed by atoms with van der Waals surface area (Å²) in [7, 11) is 1.96. The molecule has 1 aliphatic rings. The Kier molecular flexibility index (Phi) is 10.1. The number of nitrogens with zero attached hydrogens (tertiary/aromatic N) is 4. The second-order valence-corrected chi connectivity index (χ2v) is 9.36. The number of rotatable bonds is 9. The summed E-state index contributed by atoms with van der Waals surface area (Å²) >= 11 is 0. The van der Waals surface area contributed by atoms with Gasteiger partial charge in [-0.1, -0.05) is 42.5 Å². The fourth-order valence-electron chi connectivity index (χ4n) is 4.63. The van der Waals surface area contributed by atoms with Crippen LogP contribution in [0.2, 0.25) is 0 Å². The van der Waals surface area contributed by atoms with Crippen molar-refractivity contribution in [2.75, 3.05) is 51.6 Å². The standard InChI is InChI=1S/C29H41N5/c1-6-15-32-17-18-33(16-7-2)23-29(19-25-11-13-26(30-5)14-12-25)34(20-24(3)4)22-28-10-8-9-27(21-32)31-28/h6-14,29-30H,1-3,15-23H2,4-5H3. The maximum atomic E-state index is 5.03. The van der Waals surface area contributed by atoms with E-state index >= 15 is 0 Å². The Bertz CT molecular complexity index is 936. The molecule has 2 heterocycles. The summed E-state index contributed by atoms with van der Waals surface area (Å²) in [6.45, 7) is 21.5. The van der Waals surface area contributed by atoms with Crippen LogP contribution in [0.4, 0.5) is 5.69 Å². The highest BCUT2D eigenvalue weighted by Gasteiger charge is 2.24. The van der Waals surface area contributed by atoms with Gasteiger partial charge in [-0.25, -0.2) is 0 Å². The number of hydrogen-bond acceptors (Lipinski definition) is 5. The average molecular weight is 460 g/mol. The second-order valence-electron chi connectivity index (χ2n) is 9.36. The first kappa shape index (κ1) is 25.9. The first-order valence-electron chi connectivity index (χ1n) is 12.3. The molecule has 1 aliphatic heterocycles. The van der Waals surface area contributed by atoms with Crippen molar-refractivity contribution in [1.29, 1.82) is 0 Å². The van der Waals surface area contributed by atoms with E-state index in [4.69, 9.17) is 4.98 Å². The number of pyridine rings is 1. The number of benzene rings is 1. The highest BCUT2D eigenvalue weighted by Crippen LogP contribution is 2.19. The molecule has 5 nitrogen and oxygen atoms in total. The Morgan fingerprint density at radius 2 is 1.65 bits per heavy atom. The van der Waals surface area contributed by atoms with Gasteiger partial charge >= 0.3 is 0 Å². The van der Waals surface area contributed by atoms with Crippen LogP contribution in [0.5, 0.6) is 0 Å². The molecule has 0 fully saturated rings. The summed E-state index contributed by atoms with van der Waals surface area (Å²) < 4.78 is 0. The number of hydrogen-bond donors (Lipinski definition) is 1. The van der Waals surface area contributed by atoms with Gasteiger partial charge in [-0.2, -0.15) is 0 Å². The molecule has 1 aromatic heterocycles. The Labute approximate surface area is 206 Å². The topological polar surface area (TPSA) is 34.6 Å². The van der Waals surface area contributed by atoms with E-state index < -0.39 is 0 Å². The third-order valence-electron chi connectivity index (χ3n) is 6.29. The van der Waals surface area contributed by atoms with Crippen LogP contribution in [0, 0.1) is 0 Å². The van der Waals surface area contributed by atoms with Crippen molar-refractivity contribution in [3.8, 4) is 0 Å². The number of fused-ring (bicyclic) bond motifs is 2. The van der Waals surface area contributed by atoms with Crippen LogP contribution < -0.4 is 5.32 Å². The fraction of sp³-hybridized carbons (Fsp3) is 0.414. The molecule has 2 aromatic rings. The predicted octanol–water partition coefficient (Wildman–Crippen LogP) is 4.60. The number of nitrogens with one attached hydrogen (secondary N) is 1. The first-order valence-corrected chi connectivity index (χ1v) is 12.3. The van der Waals surface area contributed by atoms with Gasteiger partial charge in [0, 0.05) is 71.1 Å². The zero-order chi connectivity index (χ0) is 24.3. The van der Waals surface area contributed by atoms with E-state index in [-0.39, 0.29) is 0 Å². The van der Waals surface area contributed by atoms with Gasteiger partial charge in [0.15, 0.2) is 0 Å². The van der Waals surface area contributed by atoms with E-state index in [2.05, 4.69) is 89.1 Å². The molecular weight excluding hydrogens is 418 g/mol. The van der Waals surface area contributed by atoms with E-state index in [1.165, 1.54) is 11.1 Å². The molecule has 0 amide bonds. The highest BCUT2D eigenvalue weighted by atomic mass is 15.2. The van der Waals surface area contributed by atoms with Gasteiger partial charge in [0.25, 0.3) is 0 Å². The minimum absolute atomic E-state index is 0.329. The van der Waals surface area contributed by atoms with Crippen LogP contribution in [-0.4, -0.2) is 72.0 Å². The van der Waals surface area contributed by atoms with E-state index in [0.717, 1.165) is 75.9 Å². The van der Waals surface area contributed by atoms with E-state index in [1.54, 1.807) is 0 Å². The minimum atomic E-state index is 0.329. The molecule has 0 saturated heterocycles. The molecule has 5 heteroatoms. The molecule has 3 rings (SSSR count). The predicted molar refractivity (Wildman–Crippen MR) is 145 cm³/mol. The third-order valence-corrected chi connectivity index (χ3v) is 6.29. The molecule has 2 bridgehead atoms. The van der Waals surface area contributed by atoms with E-state index in [0.29, 0.717) is 6.04 Å². The summed E-state index contributed by atoms with van der Waals surface area (Å²) in [5, 5.41) is 3.22. The minimum Gasteiger partial charge on any atom is -0.388 e. The van der Waals surface area contributed by atoms with Crippen molar-refractivity contribution in [3.05, 3.63) is 96.9 Å². The average Bonchev–Trinajstić information content (AvgIpc) is 2.81. The Hall–Kier alpha value is -2.73. The molecule has 0 aliphatic carbocycles. The van der Waals surface area contributed by atoms with Crippen LogP contribution in [0.15, 0.2) is 79.9 Å². The van der Waals surface area contributed by atoms with Crippen molar-refractivity contribution in [3.63, 3.8) is 0 Å². The summed E-state index contributed by atoms with van der Waals surface area (Å²) in [6.07, 6.45) is 4.98. The Morgan fingerprint density at radius 1 is 1.00 bits per heavy atom. The largest absolute Gasteiger partial charge is 0.388 e. The quantitative estimate of drug-likeness (QED) is 0.555. The van der Waals surface area contributed by atoms with Crippen molar-refractivity contribution in [1.82, 2.24) is 19.7 Å². The molecule has 34 heavy (non-hydrogen) atoms. The SMILES string of the molecule is C=CCN1CCN(CC=C)CC(Cc2ccc(NC)cc2)N(CC(=C)C)Cc2cccc(n2)C1. The molecule has 0 saturated carbocycles. The molecule has 0 spiro atoms. The Morgan fingerprint density at radius 3 is 2.29 bits per heavy atom. The van der Waals surface area contributed by atoms with Gasteiger partial charge in [0.1, 0.15) is 0 Å². The molecule has 182 valence electrons. The summed E-state index contributed by atoms with van der Waals surface area (Å²) in [4.78, 5) is 12.5. The first-order chi connectivity index (χ1) is 16.5. The Balaban J connectivity index is 1.96. The van der Waals surface area contributed by atoms with Crippen LogP contribution in [0.25, 0.3) is 0 Å². The monoisotopic (exact) mass is 459 g/mol. The van der Waals surface area contributed by atoms with E-state index in [9.17, 15) is 0 Å². The maximum absolute atomic E-state index is 5.03. The summed E-state index contributed by atoms with van der Waals surface area (Å²) in [6, 6.07) is 15.6. The highest BCUT2D eigenvalue weighted by molar-refractivity contribution is 5.44. The maximum Gasteiger partial charge on any atom is 0.0548 e. The van der Waals surface area contributed by atoms with Gasteiger partial charge in [-0.05, 0) is 43.2 Å². The lowest BCUT2D eigenvalue weighted by molar-refractivity contribution is 0.132. The van der Waals surface area contributed by atoms with E-state index in [1.807, 2.05) is 19.2 Å². The lowest BCUT2D eigenvalue weighted by Gasteiger charge is -2.37. The van der Waals surface area contributed by atoms with Crippen molar-refractivity contribution in [2.24, 2.45) is 0 Å². The molecule has 1 aromatic carbocycles. The van der Waals surface area contributed by atoms with Gasteiger partial charge in [-0.3, -0.25) is 19.7 Å².